The second-order valence-electron chi connectivity index (χ2n) is 6.26. The first-order valence-electron chi connectivity index (χ1n) is 8.25. The molecule has 0 aliphatic carbocycles. The molecule has 0 radical (unpaired) electrons. The van der Waals surface area contributed by atoms with Gasteiger partial charge in [0.25, 0.3) is 5.91 Å². The van der Waals surface area contributed by atoms with E-state index in [1.807, 2.05) is 26.2 Å². The van der Waals surface area contributed by atoms with Crippen molar-refractivity contribution in [3.63, 3.8) is 0 Å². The molecule has 0 saturated carbocycles. The normalized spacial score (nSPS) is 20.1. The summed E-state index contributed by atoms with van der Waals surface area (Å²) in [4.78, 5) is 21.2. The molecule has 1 fully saturated rings. The SMILES string of the molecule is Cc1nn(C)cc1[C@H]1OCC[C@@H]1NC(=O)c1ccc2nccnc2c1. The predicted octanol–water partition coefficient (Wildman–Crippen LogP) is 1.93. The lowest BCUT2D eigenvalue weighted by Gasteiger charge is -2.19. The molecule has 7 heteroatoms. The van der Waals surface area contributed by atoms with Gasteiger partial charge in [-0.3, -0.25) is 19.4 Å². The highest BCUT2D eigenvalue weighted by Gasteiger charge is 2.33. The Bertz CT molecular complexity index is 936. The van der Waals surface area contributed by atoms with Gasteiger partial charge in [-0.05, 0) is 31.5 Å². The zero-order valence-electron chi connectivity index (χ0n) is 14.1. The number of nitrogens with zero attached hydrogens (tertiary/aromatic N) is 4. The molecule has 128 valence electrons. The number of carbonyl (C=O) groups excluding carboxylic acids is 1. The van der Waals surface area contributed by atoms with Gasteiger partial charge in [-0.2, -0.15) is 5.10 Å². The Hall–Kier alpha value is -2.80. The molecule has 1 amide bonds. The van der Waals surface area contributed by atoms with Crippen molar-refractivity contribution < 1.29 is 9.53 Å². The maximum atomic E-state index is 12.7. The van der Waals surface area contributed by atoms with Crippen molar-refractivity contribution in [2.45, 2.75) is 25.5 Å². The predicted molar refractivity (Wildman–Crippen MR) is 92.0 cm³/mol. The lowest BCUT2D eigenvalue weighted by Crippen LogP contribution is -2.36. The first kappa shape index (κ1) is 15.7. The van der Waals surface area contributed by atoms with Crippen LogP contribution >= 0.6 is 0 Å². The fraction of sp³-hybridized carbons (Fsp3) is 0.333. The van der Waals surface area contributed by atoms with Crippen LogP contribution in [0.4, 0.5) is 0 Å². The Morgan fingerprint density at radius 3 is 2.84 bits per heavy atom. The summed E-state index contributed by atoms with van der Waals surface area (Å²) in [6.45, 7) is 2.57. The standard InChI is InChI=1S/C18H19N5O2/c1-11-13(10-23(2)22-11)17-15(5-8-25-17)21-18(24)12-3-4-14-16(9-12)20-7-6-19-14/h3-4,6-7,9-10,15,17H,5,8H2,1-2H3,(H,21,24)/t15-,17+/m0/s1. The molecule has 3 heterocycles. The molecule has 1 saturated heterocycles. The molecule has 0 bridgehead atoms. The van der Waals surface area contributed by atoms with Gasteiger partial charge in [0, 0.05) is 43.4 Å². The van der Waals surface area contributed by atoms with Crippen LogP contribution in [0.2, 0.25) is 0 Å². The first-order valence-corrected chi connectivity index (χ1v) is 8.25. The minimum Gasteiger partial charge on any atom is -0.371 e. The monoisotopic (exact) mass is 337 g/mol. The smallest absolute Gasteiger partial charge is 0.251 e. The summed E-state index contributed by atoms with van der Waals surface area (Å²) < 4.78 is 7.63. The third kappa shape index (κ3) is 2.98. The lowest BCUT2D eigenvalue weighted by molar-refractivity contribution is 0.0819. The van der Waals surface area contributed by atoms with Crippen molar-refractivity contribution in [3.8, 4) is 0 Å². The summed E-state index contributed by atoms with van der Waals surface area (Å²) in [5.74, 6) is -0.130. The van der Waals surface area contributed by atoms with E-state index >= 15 is 0 Å². The van der Waals surface area contributed by atoms with E-state index in [4.69, 9.17) is 4.74 Å². The van der Waals surface area contributed by atoms with Crippen LogP contribution in [0, 0.1) is 6.92 Å². The lowest BCUT2D eigenvalue weighted by atomic mass is 10.0. The molecule has 1 aliphatic heterocycles. The second kappa shape index (κ2) is 6.25. The quantitative estimate of drug-likeness (QED) is 0.790. The Morgan fingerprint density at radius 2 is 2.08 bits per heavy atom. The minimum atomic E-state index is -0.169. The summed E-state index contributed by atoms with van der Waals surface area (Å²) >= 11 is 0. The van der Waals surface area contributed by atoms with Crippen LogP contribution in [-0.2, 0) is 11.8 Å². The Morgan fingerprint density at radius 1 is 1.28 bits per heavy atom. The molecule has 1 N–H and O–H groups in total. The van der Waals surface area contributed by atoms with Gasteiger partial charge in [0.2, 0.25) is 0 Å². The van der Waals surface area contributed by atoms with E-state index in [-0.39, 0.29) is 18.1 Å². The van der Waals surface area contributed by atoms with E-state index in [1.54, 1.807) is 29.2 Å². The summed E-state index contributed by atoms with van der Waals surface area (Å²) in [7, 11) is 1.88. The second-order valence-corrected chi connectivity index (χ2v) is 6.26. The molecule has 0 spiro atoms. The molecule has 2 atom stereocenters. The fourth-order valence-corrected chi connectivity index (χ4v) is 3.30. The highest BCUT2D eigenvalue weighted by atomic mass is 16.5. The topological polar surface area (TPSA) is 81.9 Å². The highest BCUT2D eigenvalue weighted by Crippen LogP contribution is 2.31. The van der Waals surface area contributed by atoms with Gasteiger partial charge >= 0.3 is 0 Å². The molecule has 1 aromatic carbocycles. The van der Waals surface area contributed by atoms with Gasteiger partial charge in [-0.1, -0.05) is 0 Å². The van der Waals surface area contributed by atoms with Gasteiger partial charge in [0.05, 0.1) is 22.8 Å². The summed E-state index contributed by atoms with van der Waals surface area (Å²) in [6, 6.07) is 5.27. The molecule has 2 aromatic heterocycles. The third-order valence-corrected chi connectivity index (χ3v) is 4.50. The van der Waals surface area contributed by atoms with E-state index in [2.05, 4.69) is 20.4 Å². The van der Waals surface area contributed by atoms with E-state index in [0.29, 0.717) is 17.7 Å². The maximum absolute atomic E-state index is 12.7. The number of nitrogens with one attached hydrogen (secondary N) is 1. The van der Waals surface area contributed by atoms with E-state index < -0.39 is 0 Å². The van der Waals surface area contributed by atoms with Crippen LogP contribution in [0.1, 0.15) is 34.1 Å². The Kier molecular flexibility index (Phi) is 3.93. The van der Waals surface area contributed by atoms with Crippen molar-refractivity contribution >= 4 is 16.9 Å². The van der Waals surface area contributed by atoms with Crippen LogP contribution in [-0.4, -0.2) is 38.3 Å². The van der Waals surface area contributed by atoms with Crippen molar-refractivity contribution in [1.82, 2.24) is 25.1 Å². The Balaban J connectivity index is 1.55. The average Bonchev–Trinajstić information content (AvgIpc) is 3.19. The van der Waals surface area contributed by atoms with E-state index in [1.165, 1.54) is 0 Å². The van der Waals surface area contributed by atoms with Crippen LogP contribution in [0.25, 0.3) is 11.0 Å². The van der Waals surface area contributed by atoms with Crippen molar-refractivity contribution in [1.29, 1.82) is 0 Å². The maximum Gasteiger partial charge on any atom is 0.251 e. The highest BCUT2D eigenvalue weighted by molar-refractivity contribution is 5.97. The molecule has 1 aliphatic rings. The molecular weight excluding hydrogens is 318 g/mol. The van der Waals surface area contributed by atoms with Crippen LogP contribution in [0.15, 0.2) is 36.8 Å². The van der Waals surface area contributed by atoms with Gasteiger partial charge in [-0.25, -0.2) is 0 Å². The van der Waals surface area contributed by atoms with Crippen LogP contribution in [0.3, 0.4) is 0 Å². The number of fused-ring (bicyclic) bond motifs is 1. The van der Waals surface area contributed by atoms with Gasteiger partial charge in [0.1, 0.15) is 6.10 Å². The zero-order chi connectivity index (χ0) is 17.4. The number of hydrogen-bond donors (Lipinski definition) is 1. The number of amides is 1. The zero-order valence-corrected chi connectivity index (χ0v) is 14.1. The number of hydrogen-bond acceptors (Lipinski definition) is 5. The number of carbonyl (C=O) groups is 1. The molecular formula is C18H19N5O2. The fourth-order valence-electron chi connectivity index (χ4n) is 3.30. The van der Waals surface area contributed by atoms with Gasteiger partial charge in [-0.15, -0.1) is 0 Å². The molecule has 7 nitrogen and oxygen atoms in total. The van der Waals surface area contributed by atoms with E-state index in [0.717, 1.165) is 23.2 Å². The van der Waals surface area contributed by atoms with Crippen molar-refractivity contribution in [2.75, 3.05) is 6.61 Å². The van der Waals surface area contributed by atoms with Crippen molar-refractivity contribution in [2.24, 2.45) is 7.05 Å². The van der Waals surface area contributed by atoms with Gasteiger partial charge < -0.3 is 10.1 Å². The number of ether oxygens (including phenoxy) is 1. The number of aromatic nitrogens is 4. The number of benzene rings is 1. The summed E-state index contributed by atoms with van der Waals surface area (Å²) in [5, 5.41) is 7.47. The van der Waals surface area contributed by atoms with Gasteiger partial charge in [0.15, 0.2) is 0 Å². The summed E-state index contributed by atoms with van der Waals surface area (Å²) in [5.41, 5.74) is 4.00. The first-order chi connectivity index (χ1) is 12.1. The van der Waals surface area contributed by atoms with E-state index in [9.17, 15) is 4.79 Å². The molecule has 25 heavy (non-hydrogen) atoms. The third-order valence-electron chi connectivity index (χ3n) is 4.50. The molecule has 4 rings (SSSR count). The van der Waals surface area contributed by atoms with Crippen molar-refractivity contribution in [3.05, 3.63) is 53.6 Å². The Labute approximate surface area is 145 Å². The van der Waals surface area contributed by atoms with Crippen LogP contribution in [0.5, 0.6) is 0 Å². The largest absolute Gasteiger partial charge is 0.371 e. The number of rotatable bonds is 3. The molecule has 3 aromatic rings. The summed E-state index contributed by atoms with van der Waals surface area (Å²) in [6.07, 6.45) is 5.82. The average molecular weight is 337 g/mol. The molecule has 0 unspecified atom stereocenters. The van der Waals surface area contributed by atoms with Crippen LogP contribution < -0.4 is 5.32 Å². The minimum absolute atomic E-state index is 0.0760. The number of aryl methyl sites for hydroxylation is 2.